The van der Waals surface area contributed by atoms with Crippen LogP contribution in [0.5, 0.6) is 11.5 Å². The third kappa shape index (κ3) is 6.05. The highest BCUT2D eigenvalue weighted by Crippen LogP contribution is 2.19. The second-order valence-electron chi connectivity index (χ2n) is 6.27. The lowest BCUT2D eigenvalue weighted by molar-refractivity contribution is -0.134. The van der Waals surface area contributed by atoms with E-state index in [-0.39, 0.29) is 12.5 Å². The summed E-state index contributed by atoms with van der Waals surface area (Å²) in [5.41, 5.74) is 9.99. The highest BCUT2D eigenvalue weighted by Gasteiger charge is 2.28. The van der Waals surface area contributed by atoms with Crippen LogP contribution in [0.3, 0.4) is 0 Å². The van der Waals surface area contributed by atoms with Crippen LogP contribution >= 0.6 is 0 Å². The van der Waals surface area contributed by atoms with Gasteiger partial charge in [0.1, 0.15) is 11.5 Å². The van der Waals surface area contributed by atoms with Gasteiger partial charge < -0.3 is 20.1 Å². The normalized spacial score (nSPS) is 17.6. The van der Waals surface area contributed by atoms with E-state index in [9.17, 15) is 14.4 Å². The zero-order chi connectivity index (χ0) is 19.8. The summed E-state index contributed by atoms with van der Waals surface area (Å²) in [5, 5.41) is 0. The molecule has 0 aromatic heterocycles. The average Bonchev–Trinajstić information content (AvgIpc) is 2.67. The number of urea groups is 1. The van der Waals surface area contributed by atoms with Gasteiger partial charge >= 0.3 is 6.03 Å². The summed E-state index contributed by atoms with van der Waals surface area (Å²) >= 11 is 0. The smallest absolute Gasteiger partial charge is 0.314 e. The zero-order valence-electron chi connectivity index (χ0n) is 15.6. The van der Waals surface area contributed by atoms with E-state index in [4.69, 9.17) is 15.2 Å². The number of likely N-dealkylation sites (tertiary alicyclic amines) is 1. The Balaban J connectivity index is 1.78. The number of piperidine rings is 1. The minimum Gasteiger partial charge on any atom is -0.494 e. The van der Waals surface area contributed by atoms with Gasteiger partial charge in [-0.05, 0) is 51.0 Å². The highest BCUT2D eigenvalue weighted by atomic mass is 16.5. The predicted molar refractivity (Wildman–Crippen MR) is 97.9 cm³/mol. The predicted octanol–water partition coefficient (Wildman–Crippen LogP) is 0.791. The second kappa shape index (κ2) is 9.65. The number of carbonyl (C=O) groups excluding carboxylic acids is 3. The Morgan fingerprint density at radius 3 is 2.52 bits per heavy atom. The molecule has 0 saturated carbocycles. The van der Waals surface area contributed by atoms with Gasteiger partial charge in [-0.25, -0.2) is 4.79 Å². The van der Waals surface area contributed by atoms with Crippen molar-refractivity contribution in [2.24, 2.45) is 11.7 Å². The molecule has 1 saturated heterocycles. The molecule has 4 amide bonds. The Labute approximate surface area is 158 Å². The number of amides is 4. The van der Waals surface area contributed by atoms with Crippen LogP contribution in [-0.2, 0) is 9.59 Å². The summed E-state index contributed by atoms with van der Waals surface area (Å²) in [6.45, 7) is 4.82. The van der Waals surface area contributed by atoms with Crippen LogP contribution in [0.1, 0.15) is 26.7 Å². The number of carbonyl (C=O) groups is 3. The van der Waals surface area contributed by atoms with Crippen LogP contribution in [0.15, 0.2) is 24.3 Å². The molecule has 0 unspecified atom stereocenters. The Kier molecular flexibility index (Phi) is 7.27. The molecule has 0 radical (unpaired) electrons. The Morgan fingerprint density at radius 2 is 1.89 bits per heavy atom. The summed E-state index contributed by atoms with van der Waals surface area (Å²) in [5.74, 6) is -0.0280. The van der Waals surface area contributed by atoms with E-state index in [2.05, 4.69) is 10.9 Å². The van der Waals surface area contributed by atoms with Crippen molar-refractivity contribution in [2.45, 2.75) is 32.8 Å². The summed E-state index contributed by atoms with van der Waals surface area (Å²) < 4.78 is 10.9. The van der Waals surface area contributed by atoms with Crippen molar-refractivity contribution < 1.29 is 23.9 Å². The number of benzene rings is 1. The average molecular weight is 378 g/mol. The standard InChI is InChI=1S/C18H26N4O5/c1-3-26-14-6-8-15(9-7-14)27-12(2)16(23)20-21-17(24)13-5-4-10-22(11-13)18(19)25/h6-9,12-13H,3-5,10-11H2,1-2H3,(H2,19,25)(H,20,23)(H,21,24)/t12-,13-/m1/s1. The molecular formula is C18H26N4O5. The fraction of sp³-hybridized carbons (Fsp3) is 0.500. The molecule has 0 aliphatic carbocycles. The number of nitrogens with one attached hydrogen (secondary N) is 2. The van der Waals surface area contributed by atoms with Crippen molar-refractivity contribution in [3.05, 3.63) is 24.3 Å². The quantitative estimate of drug-likeness (QED) is 0.632. The monoisotopic (exact) mass is 378 g/mol. The third-order valence-corrected chi connectivity index (χ3v) is 4.23. The van der Waals surface area contributed by atoms with Crippen LogP contribution in [-0.4, -0.2) is 48.5 Å². The highest BCUT2D eigenvalue weighted by molar-refractivity contribution is 5.86. The lowest BCUT2D eigenvalue weighted by Gasteiger charge is -2.30. The van der Waals surface area contributed by atoms with E-state index >= 15 is 0 Å². The maximum Gasteiger partial charge on any atom is 0.314 e. The lowest BCUT2D eigenvalue weighted by Crippen LogP contribution is -2.52. The first-order valence-corrected chi connectivity index (χ1v) is 8.94. The number of ether oxygens (including phenoxy) is 2. The van der Waals surface area contributed by atoms with E-state index in [0.29, 0.717) is 37.5 Å². The van der Waals surface area contributed by atoms with Crippen LogP contribution in [0, 0.1) is 5.92 Å². The Morgan fingerprint density at radius 1 is 1.22 bits per heavy atom. The molecule has 1 fully saturated rings. The van der Waals surface area contributed by atoms with Crippen LogP contribution in [0.4, 0.5) is 4.79 Å². The number of hydrogen-bond donors (Lipinski definition) is 3. The van der Waals surface area contributed by atoms with Gasteiger partial charge in [-0.15, -0.1) is 0 Å². The SMILES string of the molecule is CCOc1ccc(O[C@H](C)C(=O)NNC(=O)[C@@H]2CCCN(C(N)=O)C2)cc1. The van der Waals surface area contributed by atoms with Crippen molar-refractivity contribution in [2.75, 3.05) is 19.7 Å². The summed E-state index contributed by atoms with van der Waals surface area (Å²) in [6.07, 6.45) is 0.507. The fourth-order valence-corrected chi connectivity index (χ4v) is 2.76. The molecule has 1 aromatic carbocycles. The molecule has 27 heavy (non-hydrogen) atoms. The Hall–Kier alpha value is -2.97. The number of hydrazine groups is 1. The maximum atomic E-state index is 12.2. The van der Waals surface area contributed by atoms with Crippen LogP contribution < -0.4 is 26.1 Å². The third-order valence-electron chi connectivity index (χ3n) is 4.23. The lowest BCUT2D eigenvalue weighted by atomic mass is 9.98. The van der Waals surface area contributed by atoms with Gasteiger partial charge in [0.2, 0.25) is 5.91 Å². The molecule has 0 spiro atoms. The van der Waals surface area contributed by atoms with Crippen molar-refractivity contribution in [3.63, 3.8) is 0 Å². The first kappa shape index (κ1) is 20.3. The number of hydrogen-bond acceptors (Lipinski definition) is 5. The zero-order valence-corrected chi connectivity index (χ0v) is 15.6. The summed E-state index contributed by atoms with van der Waals surface area (Å²) in [6, 6.07) is 6.35. The molecule has 4 N–H and O–H groups in total. The number of nitrogens with two attached hydrogens (primary N) is 1. The maximum absolute atomic E-state index is 12.2. The van der Waals surface area contributed by atoms with Gasteiger partial charge in [-0.3, -0.25) is 20.4 Å². The topological polar surface area (TPSA) is 123 Å². The van der Waals surface area contributed by atoms with Gasteiger partial charge in [0.25, 0.3) is 5.91 Å². The number of rotatable bonds is 6. The first-order valence-electron chi connectivity index (χ1n) is 8.94. The van der Waals surface area contributed by atoms with Crippen LogP contribution in [0.2, 0.25) is 0 Å². The van der Waals surface area contributed by atoms with Crippen LogP contribution in [0.25, 0.3) is 0 Å². The molecule has 1 aromatic rings. The van der Waals surface area contributed by atoms with Gasteiger partial charge in [-0.2, -0.15) is 0 Å². The van der Waals surface area contributed by atoms with E-state index in [1.807, 2.05) is 6.92 Å². The molecule has 9 nitrogen and oxygen atoms in total. The molecule has 1 aliphatic heterocycles. The minimum atomic E-state index is -0.809. The minimum absolute atomic E-state index is 0.245. The molecule has 2 atom stereocenters. The largest absolute Gasteiger partial charge is 0.494 e. The molecule has 1 aliphatic rings. The van der Waals surface area contributed by atoms with E-state index in [0.717, 1.165) is 0 Å². The molecular weight excluding hydrogens is 352 g/mol. The molecule has 0 bridgehead atoms. The Bertz CT molecular complexity index is 664. The van der Waals surface area contributed by atoms with E-state index in [1.54, 1.807) is 31.2 Å². The van der Waals surface area contributed by atoms with Gasteiger partial charge in [-0.1, -0.05) is 0 Å². The first-order chi connectivity index (χ1) is 12.9. The summed E-state index contributed by atoms with van der Waals surface area (Å²) in [7, 11) is 0. The molecule has 9 heteroatoms. The van der Waals surface area contributed by atoms with Gasteiger partial charge in [0, 0.05) is 13.1 Å². The molecule has 148 valence electrons. The van der Waals surface area contributed by atoms with Gasteiger partial charge in [0.05, 0.1) is 12.5 Å². The van der Waals surface area contributed by atoms with Crippen molar-refractivity contribution in [3.8, 4) is 11.5 Å². The van der Waals surface area contributed by atoms with Crippen molar-refractivity contribution in [1.82, 2.24) is 15.8 Å². The van der Waals surface area contributed by atoms with Gasteiger partial charge in [0.15, 0.2) is 6.10 Å². The molecule has 1 heterocycles. The number of primary amides is 1. The van der Waals surface area contributed by atoms with Crippen molar-refractivity contribution >= 4 is 17.8 Å². The van der Waals surface area contributed by atoms with Crippen molar-refractivity contribution in [1.29, 1.82) is 0 Å². The van der Waals surface area contributed by atoms with E-state index in [1.165, 1.54) is 4.90 Å². The summed E-state index contributed by atoms with van der Waals surface area (Å²) in [4.78, 5) is 37.0. The van der Waals surface area contributed by atoms with E-state index < -0.39 is 24.0 Å². The number of nitrogens with zero attached hydrogens (tertiary/aromatic N) is 1. The fourth-order valence-electron chi connectivity index (χ4n) is 2.76. The molecule has 2 rings (SSSR count). The second-order valence-corrected chi connectivity index (χ2v) is 6.27.